The van der Waals surface area contributed by atoms with Gasteiger partial charge in [-0.25, -0.2) is 0 Å². The summed E-state index contributed by atoms with van der Waals surface area (Å²) in [5, 5.41) is 0. The number of amides is 1. The molecule has 17 heavy (non-hydrogen) atoms. The van der Waals surface area contributed by atoms with Crippen molar-refractivity contribution in [2.75, 3.05) is 0 Å². The van der Waals surface area contributed by atoms with Crippen molar-refractivity contribution in [3.8, 4) is 0 Å². The minimum Gasteiger partial charge on any atom is -0.457 e. The Morgan fingerprint density at radius 1 is 1.18 bits per heavy atom. The summed E-state index contributed by atoms with van der Waals surface area (Å²) in [5.41, 5.74) is 3.03. The lowest BCUT2D eigenvalue weighted by molar-refractivity contribution is 0.0749. The Bertz CT molecular complexity index is 551. The lowest BCUT2D eigenvalue weighted by atomic mass is 10.1. The molecule has 0 atom stereocenters. The fraction of sp³-hybridized carbons (Fsp3) is 0.154. The number of carbonyl (C=O) groups excluding carboxylic acids is 1. The van der Waals surface area contributed by atoms with E-state index in [9.17, 15) is 4.79 Å². The van der Waals surface area contributed by atoms with E-state index in [-0.39, 0.29) is 5.91 Å². The van der Waals surface area contributed by atoms with Gasteiger partial charge in [0.05, 0.1) is 11.8 Å². The third kappa shape index (κ3) is 1.78. The van der Waals surface area contributed by atoms with E-state index < -0.39 is 0 Å². The van der Waals surface area contributed by atoms with Gasteiger partial charge in [-0.05, 0) is 33.1 Å². The molecule has 0 saturated carbocycles. The molecule has 2 heterocycles. The fourth-order valence-corrected chi connectivity index (χ4v) is 2.50. The smallest absolute Gasteiger partial charge is 0.258 e. The van der Waals surface area contributed by atoms with E-state index in [4.69, 9.17) is 4.42 Å². The van der Waals surface area contributed by atoms with Crippen molar-refractivity contribution in [3.63, 3.8) is 0 Å². The second-order valence-electron chi connectivity index (χ2n) is 4.04. The largest absolute Gasteiger partial charge is 0.457 e. The van der Waals surface area contributed by atoms with Crippen molar-refractivity contribution in [2.24, 2.45) is 0 Å². The number of benzene rings is 1. The van der Waals surface area contributed by atoms with Gasteiger partial charge in [0.25, 0.3) is 5.91 Å². The maximum absolute atomic E-state index is 12.2. The number of furan rings is 1. The summed E-state index contributed by atoms with van der Waals surface area (Å²) >= 11 is 3.23. The monoisotopic (exact) mass is 291 g/mol. The van der Waals surface area contributed by atoms with E-state index >= 15 is 0 Å². The molecule has 4 heteroatoms. The van der Waals surface area contributed by atoms with Crippen molar-refractivity contribution < 1.29 is 9.21 Å². The molecule has 1 aliphatic rings. The van der Waals surface area contributed by atoms with Crippen LogP contribution in [0.2, 0.25) is 0 Å². The molecule has 0 bridgehead atoms. The molecule has 0 unspecified atom stereocenters. The molecule has 1 aromatic carbocycles. The van der Waals surface area contributed by atoms with Crippen LogP contribution in [-0.2, 0) is 13.1 Å². The molecule has 86 valence electrons. The van der Waals surface area contributed by atoms with Gasteiger partial charge in [0, 0.05) is 13.1 Å². The molecular weight excluding hydrogens is 282 g/mol. The number of hydrogen-bond acceptors (Lipinski definition) is 2. The lowest BCUT2D eigenvalue weighted by Crippen LogP contribution is -2.25. The highest BCUT2D eigenvalue weighted by Gasteiger charge is 2.25. The predicted octanol–water partition coefficient (Wildman–Crippen LogP) is 3.20. The fourth-order valence-electron chi connectivity index (χ4n) is 2.09. The Morgan fingerprint density at radius 3 is 2.35 bits per heavy atom. The molecule has 1 aromatic heterocycles. The van der Waals surface area contributed by atoms with E-state index in [0.29, 0.717) is 23.3 Å². The molecule has 3 nitrogen and oxygen atoms in total. The second kappa shape index (κ2) is 4.04. The molecule has 0 aliphatic carbocycles. The van der Waals surface area contributed by atoms with Crippen LogP contribution in [0.4, 0.5) is 0 Å². The Kier molecular flexibility index (Phi) is 2.52. The lowest BCUT2D eigenvalue weighted by Gasteiger charge is -2.14. The van der Waals surface area contributed by atoms with Crippen molar-refractivity contribution >= 4 is 21.8 Å². The zero-order valence-electron chi connectivity index (χ0n) is 9.02. The molecule has 1 amide bonds. The van der Waals surface area contributed by atoms with E-state index in [0.717, 1.165) is 0 Å². The van der Waals surface area contributed by atoms with E-state index in [2.05, 4.69) is 28.1 Å². The van der Waals surface area contributed by atoms with E-state index in [1.807, 2.05) is 17.0 Å². The summed E-state index contributed by atoms with van der Waals surface area (Å²) in [4.78, 5) is 14.1. The first-order chi connectivity index (χ1) is 8.25. The van der Waals surface area contributed by atoms with E-state index in [1.165, 1.54) is 17.4 Å². The van der Waals surface area contributed by atoms with Crippen molar-refractivity contribution in [3.05, 3.63) is 58.0 Å². The normalized spacial score (nSPS) is 13.8. The SMILES string of the molecule is O=C(c1ccoc1Br)N1Cc2ccccc2C1. The molecule has 2 aromatic rings. The van der Waals surface area contributed by atoms with Gasteiger partial charge < -0.3 is 9.32 Å². The van der Waals surface area contributed by atoms with Gasteiger partial charge in [-0.15, -0.1) is 0 Å². The second-order valence-corrected chi connectivity index (χ2v) is 4.76. The van der Waals surface area contributed by atoms with Crippen molar-refractivity contribution in [1.82, 2.24) is 4.90 Å². The maximum atomic E-state index is 12.2. The van der Waals surface area contributed by atoms with Crippen LogP contribution in [0, 0.1) is 0 Å². The molecule has 0 N–H and O–H groups in total. The van der Waals surface area contributed by atoms with Gasteiger partial charge in [0.15, 0.2) is 4.67 Å². The number of halogens is 1. The van der Waals surface area contributed by atoms with Crippen LogP contribution in [0.5, 0.6) is 0 Å². The van der Waals surface area contributed by atoms with Gasteiger partial charge in [-0.2, -0.15) is 0 Å². The van der Waals surface area contributed by atoms with Crippen LogP contribution >= 0.6 is 15.9 Å². The summed E-state index contributed by atoms with van der Waals surface area (Å²) < 4.78 is 5.59. The Labute approximate surface area is 107 Å². The van der Waals surface area contributed by atoms with Gasteiger partial charge in [0.1, 0.15) is 0 Å². The molecule has 1 aliphatic heterocycles. The minimum atomic E-state index is 0.00169. The molecule has 0 fully saturated rings. The molecule has 3 rings (SSSR count). The van der Waals surface area contributed by atoms with Crippen LogP contribution in [0.25, 0.3) is 0 Å². The van der Waals surface area contributed by atoms with Crippen LogP contribution in [0.1, 0.15) is 21.5 Å². The van der Waals surface area contributed by atoms with E-state index in [1.54, 1.807) is 6.07 Å². The average Bonchev–Trinajstić information content (AvgIpc) is 2.93. The summed E-state index contributed by atoms with van der Waals surface area (Å²) in [5.74, 6) is 0.00169. The van der Waals surface area contributed by atoms with Gasteiger partial charge in [-0.3, -0.25) is 4.79 Å². The zero-order chi connectivity index (χ0) is 11.8. The highest BCUT2D eigenvalue weighted by molar-refractivity contribution is 9.10. The van der Waals surface area contributed by atoms with Gasteiger partial charge in [-0.1, -0.05) is 24.3 Å². The highest BCUT2D eigenvalue weighted by atomic mass is 79.9. The number of rotatable bonds is 1. The Hall–Kier alpha value is -1.55. The first-order valence-electron chi connectivity index (χ1n) is 5.35. The predicted molar refractivity (Wildman–Crippen MR) is 66.4 cm³/mol. The van der Waals surface area contributed by atoms with Crippen LogP contribution in [0.3, 0.4) is 0 Å². The third-order valence-electron chi connectivity index (χ3n) is 2.98. The molecule has 0 saturated heterocycles. The zero-order valence-corrected chi connectivity index (χ0v) is 10.6. The van der Waals surface area contributed by atoms with Gasteiger partial charge >= 0.3 is 0 Å². The third-order valence-corrected chi connectivity index (χ3v) is 3.59. The standard InChI is InChI=1S/C13H10BrNO2/c14-12-11(5-6-17-12)13(16)15-7-9-3-1-2-4-10(9)8-15/h1-6H,7-8H2. The molecular formula is C13H10BrNO2. The van der Waals surface area contributed by atoms with Crippen LogP contribution in [-0.4, -0.2) is 10.8 Å². The number of hydrogen-bond donors (Lipinski definition) is 0. The van der Waals surface area contributed by atoms with Crippen LogP contribution in [0.15, 0.2) is 45.7 Å². The Balaban J connectivity index is 1.86. The highest BCUT2D eigenvalue weighted by Crippen LogP contribution is 2.26. The average molecular weight is 292 g/mol. The summed E-state index contributed by atoms with van der Waals surface area (Å²) in [7, 11) is 0. The topological polar surface area (TPSA) is 33.5 Å². The summed E-state index contributed by atoms with van der Waals surface area (Å²) in [6.45, 7) is 1.35. The molecule has 0 radical (unpaired) electrons. The Morgan fingerprint density at radius 2 is 1.82 bits per heavy atom. The van der Waals surface area contributed by atoms with Crippen molar-refractivity contribution in [1.29, 1.82) is 0 Å². The van der Waals surface area contributed by atoms with Gasteiger partial charge in [0.2, 0.25) is 0 Å². The number of nitrogens with zero attached hydrogens (tertiary/aromatic N) is 1. The van der Waals surface area contributed by atoms with Crippen LogP contribution < -0.4 is 0 Å². The first kappa shape index (κ1) is 10.6. The minimum absolute atomic E-state index is 0.00169. The first-order valence-corrected chi connectivity index (χ1v) is 6.14. The maximum Gasteiger partial charge on any atom is 0.258 e. The van der Waals surface area contributed by atoms with Crippen molar-refractivity contribution in [2.45, 2.75) is 13.1 Å². The number of fused-ring (bicyclic) bond motifs is 1. The molecule has 0 spiro atoms. The quantitative estimate of drug-likeness (QED) is 0.808. The summed E-state index contributed by atoms with van der Waals surface area (Å²) in [6.07, 6.45) is 1.51. The summed E-state index contributed by atoms with van der Waals surface area (Å²) in [6, 6.07) is 9.82. The number of carbonyl (C=O) groups is 1.